The summed E-state index contributed by atoms with van der Waals surface area (Å²) in [7, 11) is -4.36. The molecule has 0 spiro atoms. The van der Waals surface area contributed by atoms with Crippen LogP contribution in [0.4, 0.5) is 0 Å². The average molecular weight is 247 g/mol. The van der Waals surface area contributed by atoms with Crippen LogP contribution in [-0.4, -0.2) is 30.0 Å². The van der Waals surface area contributed by atoms with Crippen LogP contribution < -0.4 is 0 Å². The third-order valence-corrected chi connectivity index (χ3v) is 3.11. The molecule has 6 nitrogen and oxygen atoms in total. The van der Waals surface area contributed by atoms with Crippen molar-refractivity contribution in [1.82, 2.24) is 0 Å². The first-order valence-electron chi connectivity index (χ1n) is 4.70. The van der Waals surface area contributed by atoms with E-state index in [2.05, 4.69) is 4.42 Å². The molecule has 0 aromatic carbocycles. The molecule has 0 aliphatic heterocycles. The highest BCUT2D eigenvalue weighted by Crippen LogP contribution is 2.14. The van der Waals surface area contributed by atoms with Crippen molar-refractivity contribution in [2.75, 3.05) is 0 Å². The topological polar surface area (TPSA) is 93.6 Å². The molecule has 0 bridgehead atoms. The van der Waals surface area contributed by atoms with Gasteiger partial charge in [0.2, 0.25) is 0 Å². The molecule has 1 aromatic heterocycles. The van der Waals surface area contributed by atoms with Gasteiger partial charge >= 0.3 is 0 Å². The maximum Gasteiger partial charge on any atom is 0.298 e. The lowest BCUT2D eigenvalue weighted by Gasteiger charge is -2.09. The van der Waals surface area contributed by atoms with Gasteiger partial charge in [0.05, 0.1) is 5.56 Å². The molecule has 90 valence electrons. The Morgan fingerprint density at radius 3 is 2.75 bits per heavy atom. The zero-order valence-corrected chi connectivity index (χ0v) is 9.77. The second-order valence-corrected chi connectivity index (χ2v) is 4.80. The number of hydrogen-bond acceptors (Lipinski definition) is 4. The smallest absolute Gasteiger partial charge is 0.298 e. The van der Waals surface area contributed by atoms with E-state index in [4.69, 9.17) is 4.55 Å². The fraction of sp³-hybridized carbons (Fsp3) is 0.444. The highest BCUT2D eigenvalue weighted by Gasteiger charge is 2.19. The first-order chi connectivity index (χ1) is 7.36. The third-order valence-electron chi connectivity index (χ3n) is 2.22. The van der Waals surface area contributed by atoms with Crippen molar-refractivity contribution in [2.45, 2.75) is 31.2 Å². The summed E-state index contributed by atoms with van der Waals surface area (Å²) in [5, 5.41) is 11.5. The van der Waals surface area contributed by atoms with E-state index in [1.807, 2.05) is 6.92 Å². The van der Waals surface area contributed by atoms with Crippen LogP contribution in [0.15, 0.2) is 21.8 Å². The van der Waals surface area contributed by atoms with Gasteiger partial charge in [0.25, 0.3) is 10.1 Å². The molecule has 0 aliphatic rings. The van der Waals surface area contributed by atoms with E-state index < -0.39 is 15.0 Å². The van der Waals surface area contributed by atoms with Gasteiger partial charge in [0, 0.05) is 6.42 Å². The standard InChI is InChI=1S/C9H13NO5S/c1-3-7(2)10(11)4-8-5-15-6-9(8)16(12,13)14/h4-7H,3H2,1-2H3,(H,12,13,14). The van der Waals surface area contributed by atoms with E-state index >= 15 is 0 Å². The van der Waals surface area contributed by atoms with Gasteiger partial charge in [-0.2, -0.15) is 8.42 Å². The van der Waals surface area contributed by atoms with Crippen LogP contribution in [0.2, 0.25) is 0 Å². The van der Waals surface area contributed by atoms with Crippen molar-refractivity contribution in [2.24, 2.45) is 0 Å². The minimum atomic E-state index is -4.36. The maximum atomic E-state index is 11.5. The molecule has 0 fully saturated rings. The zero-order valence-electron chi connectivity index (χ0n) is 8.95. The Balaban J connectivity index is 3.12. The SMILES string of the molecule is CCC(C)[N+]([O-])=Cc1cocc1S(=O)(=O)O. The van der Waals surface area contributed by atoms with Gasteiger partial charge < -0.3 is 9.62 Å². The van der Waals surface area contributed by atoms with Crippen LogP contribution >= 0.6 is 0 Å². The van der Waals surface area contributed by atoms with Crippen molar-refractivity contribution in [3.8, 4) is 0 Å². The Labute approximate surface area is 93.5 Å². The summed E-state index contributed by atoms with van der Waals surface area (Å²) in [4.78, 5) is -0.406. The molecular formula is C9H13NO5S. The van der Waals surface area contributed by atoms with Crippen molar-refractivity contribution >= 4 is 16.3 Å². The van der Waals surface area contributed by atoms with Gasteiger partial charge in [-0.1, -0.05) is 6.92 Å². The predicted octanol–water partition coefficient (Wildman–Crippen LogP) is 1.25. The molecule has 0 radical (unpaired) electrons. The van der Waals surface area contributed by atoms with Crippen molar-refractivity contribution < 1.29 is 22.1 Å². The first kappa shape index (κ1) is 12.7. The summed E-state index contributed by atoms with van der Waals surface area (Å²) in [5.74, 6) is 0. The molecule has 16 heavy (non-hydrogen) atoms. The molecule has 1 heterocycles. The highest BCUT2D eigenvalue weighted by molar-refractivity contribution is 7.86. The second kappa shape index (κ2) is 4.67. The van der Waals surface area contributed by atoms with E-state index in [1.54, 1.807) is 6.92 Å². The summed E-state index contributed by atoms with van der Waals surface area (Å²) >= 11 is 0. The Hall–Kier alpha value is -1.34. The summed E-state index contributed by atoms with van der Waals surface area (Å²) in [5.41, 5.74) is 0.0396. The van der Waals surface area contributed by atoms with Gasteiger partial charge in [0.1, 0.15) is 17.4 Å². The van der Waals surface area contributed by atoms with Gasteiger partial charge in [-0.05, 0) is 6.92 Å². The van der Waals surface area contributed by atoms with Crippen LogP contribution in [0, 0.1) is 5.21 Å². The largest absolute Gasteiger partial charge is 0.624 e. The molecule has 1 aromatic rings. The molecule has 0 amide bonds. The Morgan fingerprint density at radius 1 is 1.62 bits per heavy atom. The lowest BCUT2D eigenvalue weighted by atomic mass is 10.2. The summed E-state index contributed by atoms with van der Waals surface area (Å²) in [6.07, 6.45) is 3.68. The summed E-state index contributed by atoms with van der Waals surface area (Å²) in [6.45, 7) is 3.54. The van der Waals surface area contributed by atoms with Gasteiger partial charge in [-0.25, -0.2) is 4.74 Å². The Kier molecular flexibility index (Phi) is 3.71. The van der Waals surface area contributed by atoms with Crippen LogP contribution in [0.25, 0.3) is 0 Å². The molecule has 1 atom stereocenters. The maximum absolute atomic E-state index is 11.5. The molecule has 0 aliphatic carbocycles. The van der Waals surface area contributed by atoms with Gasteiger partial charge in [-0.15, -0.1) is 0 Å². The normalized spacial score (nSPS) is 15.1. The van der Waals surface area contributed by atoms with Crippen molar-refractivity contribution in [3.63, 3.8) is 0 Å². The van der Waals surface area contributed by atoms with Gasteiger partial charge in [0.15, 0.2) is 12.3 Å². The first-order valence-corrected chi connectivity index (χ1v) is 6.14. The number of rotatable bonds is 4. The average Bonchev–Trinajstić information content (AvgIpc) is 2.63. The van der Waals surface area contributed by atoms with Gasteiger partial charge in [-0.3, -0.25) is 4.55 Å². The molecule has 7 heteroatoms. The van der Waals surface area contributed by atoms with E-state index in [-0.39, 0.29) is 11.6 Å². The predicted molar refractivity (Wildman–Crippen MR) is 57.1 cm³/mol. The minimum Gasteiger partial charge on any atom is -0.624 e. The minimum absolute atomic E-state index is 0.0396. The van der Waals surface area contributed by atoms with E-state index in [1.165, 1.54) is 0 Å². The van der Waals surface area contributed by atoms with Crippen LogP contribution in [0.5, 0.6) is 0 Å². The quantitative estimate of drug-likeness (QED) is 0.284. The fourth-order valence-corrected chi connectivity index (χ4v) is 1.62. The van der Waals surface area contributed by atoms with Crippen LogP contribution in [-0.2, 0) is 10.1 Å². The van der Waals surface area contributed by atoms with E-state index in [0.717, 1.165) is 18.7 Å². The molecular weight excluding hydrogens is 234 g/mol. The lowest BCUT2D eigenvalue weighted by Crippen LogP contribution is -2.18. The summed E-state index contributed by atoms with van der Waals surface area (Å²) < 4.78 is 35.9. The number of nitrogens with zero attached hydrogens (tertiary/aromatic N) is 1. The van der Waals surface area contributed by atoms with Crippen molar-refractivity contribution in [1.29, 1.82) is 0 Å². The molecule has 1 unspecified atom stereocenters. The van der Waals surface area contributed by atoms with Crippen molar-refractivity contribution in [3.05, 3.63) is 23.3 Å². The summed E-state index contributed by atoms with van der Waals surface area (Å²) in [6, 6.07) is -0.274. The molecule has 1 N–H and O–H groups in total. The number of furan rings is 1. The fourth-order valence-electron chi connectivity index (χ4n) is 1.04. The molecule has 0 saturated carbocycles. The number of hydrogen-bond donors (Lipinski definition) is 1. The zero-order chi connectivity index (χ0) is 12.3. The van der Waals surface area contributed by atoms with E-state index in [9.17, 15) is 13.6 Å². The van der Waals surface area contributed by atoms with E-state index in [0.29, 0.717) is 11.2 Å². The highest BCUT2D eigenvalue weighted by atomic mass is 32.2. The lowest BCUT2D eigenvalue weighted by molar-refractivity contribution is -0.492. The second-order valence-electron chi connectivity index (χ2n) is 3.41. The molecule has 0 saturated heterocycles. The van der Waals surface area contributed by atoms with Crippen LogP contribution in [0.1, 0.15) is 25.8 Å². The van der Waals surface area contributed by atoms with Crippen LogP contribution in [0.3, 0.4) is 0 Å². The Morgan fingerprint density at radius 2 is 2.25 bits per heavy atom. The Bertz CT molecular complexity index is 488. The molecule has 1 rings (SSSR count). The number of hydroxylamine groups is 1. The third kappa shape index (κ3) is 2.83. The monoisotopic (exact) mass is 247 g/mol.